The van der Waals surface area contributed by atoms with Gasteiger partial charge in [0.2, 0.25) is 0 Å². The number of methoxy groups -OCH3 is 2. The topological polar surface area (TPSA) is 68.2 Å². The molecule has 1 aliphatic rings. The van der Waals surface area contributed by atoms with Crippen molar-refractivity contribution in [3.05, 3.63) is 89.5 Å². The van der Waals surface area contributed by atoms with Crippen LogP contribution in [0.2, 0.25) is 0 Å². The molecule has 2 unspecified atom stereocenters. The van der Waals surface area contributed by atoms with E-state index in [0.717, 1.165) is 29.5 Å². The van der Waals surface area contributed by atoms with E-state index in [4.69, 9.17) is 14.2 Å². The SMILES string of the molecule is COc1cccc(OC)c1C(c1ccccc1OCc1ccccc1)N1CCCCC1C(=O)O. The van der Waals surface area contributed by atoms with Crippen molar-refractivity contribution in [1.82, 2.24) is 4.90 Å². The first-order valence-corrected chi connectivity index (χ1v) is 11.6. The van der Waals surface area contributed by atoms with Crippen LogP contribution in [0.1, 0.15) is 42.0 Å². The van der Waals surface area contributed by atoms with Crippen molar-refractivity contribution in [3.63, 3.8) is 0 Å². The van der Waals surface area contributed by atoms with Gasteiger partial charge >= 0.3 is 5.97 Å². The number of ether oxygens (including phenoxy) is 3. The highest BCUT2D eigenvalue weighted by Gasteiger charge is 2.38. The molecule has 34 heavy (non-hydrogen) atoms. The summed E-state index contributed by atoms with van der Waals surface area (Å²) < 4.78 is 17.8. The lowest BCUT2D eigenvalue weighted by Crippen LogP contribution is -2.47. The summed E-state index contributed by atoms with van der Waals surface area (Å²) in [6.45, 7) is 1.06. The van der Waals surface area contributed by atoms with Gasteiger partial charge in [0, 0.05) is 5.56 Å². The fourth-order valence-corrected chi connectivity index (χ4v) is 4.75. The van der Waals surface area contributed by atoms with Crippen molar-refractivity contribution in [2.24, 2.45) is 0 Å². The number of hydrogen-bond acceptors (Lipinski definition) is 5. The summed E-state index contributed by atoms with van der Waals surface area (Å²) >= 11 is 0. The normalized spacial score (nSPS) is 17.1. The summed E-state index contributed by atoms with van der Waals surface area (Å²) in [6.07, 6.45) is 2.40. The third kappa shape index (κ3) is 5.02. The van der Waals surface area contributed by atoms with Crippen LogP contribution in [0.4, 0.5) is 0 Å². The minimum Gasteiger partial charge on any atom is -0.496 e. The summed E-state index contributed by atoms with van der Waals surface area (Å²) in [5, 5.41) is 10.1. The van der Waals surface area contributed by atoms with Crippen LogP contribution in [0.5, 0.6) is 17.2 Å². The molecule has 2 atom stereocenters. The zero-order chi connectivity index (χ0) is 23.9. The number of benzene rings is 3. The molecule has 0 aliphatic carbocycles. The summed E-state index contributed by atoms with van der Waals surface area (Å²) in [5.74, 6) is 1.19. The number of carbonyl (C=O) groups is 1. The Bertz CT molecular complexity index is 1080. The molecule has 0 radical (unpaired) electrons. The second kappa shape index (κ2) is 11.1. The summed E-state index contributed by atoms with van der Waals surface area (Å²) in [7, 11) is 3.25. The lowest BCUT2D eigenvalue weighted by atomic mass is 9.90. The molecule has 1 saturated heterocycles. The van der Waals surface area contributed by atoms with Gasteiger partial charge in [0.05, 0.1) is 25.8 Å². The predicted molar refractivity (Wildman–Crippen MR) is 131 cm³/mol. The Labute approximate surface area is 200 Å². The number of carboxylic acids is 1. The number of piperidine rings is 1. The summed E-state index contributed by atoms with van der Waals surface area (Å²) in [6, 6.07) is 22.4. The average Bonchev–Trinajstić information content (AvgIpc) is 2.89. The second-order valence-corrected chi connectivity index (χ2v) is 8.38. The van der Waals surface area contributed by atoms with Crippen LogP contribution < -0.4 is 14.2 Å². The van der Waals surface area contributed by atoms with Gasteiger partial charge in [0.1, 0.15) is 29.9 Å². The van der Waals surface area contributed by atoms with Gasteiger partial charge < -0.3 is 19.3 Å². The largest absolute Gasteiger partial charge is 0.496 e. The Morgan fingerprint density at radius 2 is 1.56 bits per heavy atom. The van der Waals surface area contributed by atoms with Gasteiger partial charge in [-0.05, 0) is 43.1 Å². The minimum absolute atomic E-state index is 0.413. The lowest BCUT2D eigenvalue weighted by Gasteiger charge is -2.40. The molecule has 1 aliphatic heterocycles. The number of likely N-dealkylation sites (tertiary alicyclic amines) is 1. The lowest BCUT2D eigenvalue weighted by molar-refractivity contribution is -0.145. The molecule has 0 aromatic heterocycles. The molecule has 6 heteroatoms. The standard InChI is InChI=1S/C28H31NO5/c1-32-24-16-10-17-25(33-2)26(24)27(29-18-9-8-14-22(29)28(30)31)21-13-6-7-15-23(21)34-19-20-11-4-3-5-12-20/h3-7,10-13,15-17,22,27H,8-9,14,18-19H2,1-2H3,(H,30,31). The number of carboxylic acid groups (broad SMARTS) is 1. The van der Waals surface area contributed by atoms with E-state index in [9.17, 15) is 9.90 Å². The zero-order valence-electron chi connectivity index (χ0n) is 19.6. The number of hydrogen-bond donors (Lipinski definition) is 1. The molecule has 1 heterocycles. The maximum Gasteiger partial charge on any atom is 0.320 e. The molecule has 6 nitrogen and oxygen atoms in total. The Morgan fingerprint density at radius 1 is 0.912 bits per heavy atom. The van der Waals surface area contributed by atoms with Crippen molar-refractivity contribution in [3.8, 4) is 17.2 Å². The predicted octanol–water partition coefficient (Wildman–Crippen LogP) is 5.31. The van der Waals surface area contributed by atoms with Crippen molar-refractivity contribution >= 4 is 5.97 Å². The third-order valence-corrected chi connectivity index (χ3v) is 6.35. The summed E-state index contributed by atoms with van der Waals surface area (Å²) in [4.78, 5) is 14.4. The fourth-order valence-electron chi connectivity index (χ4n) is 4.75. The number of para-hydroxylation sites is 1. The molecule has 0 amide bonds. The van der Waals surface area contributed by atoms with Gasteiger partial charge in [-0.25, -0.2) is 0 Å². The highest BCUT2D eigenvalue weighted by atomic mass is 16.5. The molecule has 3 aromatic rings. The Morgan fingerprint density at radius 3 is 2.24 bits per heavy atom. The Hall–Kier alpha value is -3.51. The van der Waals surface area contributed by atoms with E-state index in [-0.39, 0.29) is 0 Å². The first-order chi connectivity index (χ1) is 16.6. The van der Waals surface area contributed by atoms with Crippen LogP contribution in [0, 0.1) is 0 Å². The van der Waals surface area contributed by atoms with Gasteiger partial charge in [-0.2, -0.15) is 0 Å². The molecule has 0 saturated carbocycles. The van der Waals surface area contributed by atoms with Gasteiger partial charge in [-0.1, -0.05) is 61.0 Å². The number of rotatable bonds is 9. The van der Waals surface area contributed by atoms with Gasteiger partial charge in [-0.15, -0.1) is 0 Å². The number of aliphatic carboxylic acids is 1. The quantitative estimate of drug-likeness (QED) is 0.466. The van der Waals surface area contributed by atoms with Gasteiger partial charge in [-0.3, -0.25) is 9.69 Å². The van der Waals surface area contributed by atoms with Crippen LogP contribution >= 0.6 is 0 Å². The molecular weight excluding hydrogens is 430 g/mol. The molecule has 1 fully saturated rings. The van der Waals surface area contributed by atoms with E-state index in [0.29, 0.717) is 36.8 Å². The second-order valence-electron chi connectivity index (χ2n) is 8.38. The van der Waals surface area contributed by atoms with Crippen molar-refractivity contribution in [2.45, 2.75) is 38.0 Å². The maximum absolute atomic E-state index is 12.3. The molecule has 1 N–H and O–H groups in total. The first-order valence-electron chi connectivity index (χ1n) is 11.6. The van der Waals surface area contributed by atoms with Gasteiger partial charge in [0.25, 0.3) is 0 Å². The van der Waals surface area contributed by atoms with Crippen LogP contribution in [-0.4, -0.2) is 42.8 Å². The molecule has 3 aromatic carbocycles. The fraction of sp³-hybridized carbons (Fsp3) is 0.321. The minimum atomic E-state index is -0.818. The van der Waals surface area contributed by atoms with Crippen LogP contribution in [0.15, 0.2) is 72.8 Å². The highest BCUT2D eigenvalue weighted by Crippen LogP contribution is 2.45. The average molecular weight is 462 g/mol. The van der Waals surface area contributed by atoms with Crippen molar-refractivity contribution in [1.29, 1.82) is 0 Å². The van der Waals surface area contributed by atoms with E-state index in [2.05, 4.69) is 4.90 Å². The van der Waals surface area contributed by atoms with Crippen LogP contribution in [-0.2, 0) is 11.4 Å². The van der Waals surface area contributed by atoms with E-state index in [1.807, 2.05) is 72.8 Å². The van der Waals surface area contributed by atoms with E-state index < -0.39 is 18.1 Å². The van der Waals surface area contributed by atoms with Crippen molar-refractivity contribution in [2.75, 3.05) is 20.8 Å². The highest BCUT2D eigenvalue weighted by molar-refractivity contribution is 5.74. The Balaban J connectivity index is 1.84. The van der Waals surface area contributed by atoms with Crippen molar-refractivity contribution < 1.29 is 24.1 Å². The number of nitrogens with zero attached hydrogens (tertiary/aromatic N) is 1. The third-order valence-electron chi connectivity index (χ3n) is 6.35. The van der Waals surface area contributed by atoms with Gasteiger partial charge in [0.15, 0.2) is 0 Å². The van der Waals surface area contributed by atoms with Crippen LogP contribution in [0.25, 0.3) is 0 Å². The van der Waals surface area contributed by atoms with E-state index in [1.165, 1.54) is 0 Å². The van der Waals surface area contributed by atoms with Crippen LogP contribution in [0.3, 0.4) is 0 Å². The van der Waals surface area contributed by atoms with E-state index in [1.54, 1.807) is 14.2 Å². The maximum atomic E-state index is 12.3. The zero-order valence-corrected chi connectivity index (χ0v) is 19.6. The monoisotopic (exact) mass is 461 g/mol. The molecule has 0 spiro atoms. The van der Waals surface area contributed by atoms with E-state index >= 15 is 0 Å². The molecule has 178 valence electrons. The molecular formula is C28H31NO5. The Kier molecular flexibility index (Phi) is 7.70. The smallest absolute Gasteiger partial charge is 0.320 e. The molecule has 4 rings (SSSR count). The first kappa shape index (κ1) is 23.6. The summed E-state index contributed by atoms with van der Waals surface area (Å²) in [5.41, 5.74) is 2.75. The molecule has 0 bridgehead atoms.